The van der Waals surface area contributed by atoms with Crippen LogP contribution in [0.1, 0.15) is 0 Å². The Hall–Kier alpha value is -1.09. The van der Waals surface area contributed by atoms with E-state index in [0.29, 0.717) is 0 Å². The lowest BCUT2D eigenvalue weighted by Gasteiger charge is -2.19. The minimum Gasteiger partial charge on any atom is -0.373 e. The van der Waals surface area contributed by atoms with E-state index in [1.54, 1.807) is 0 Å². The van der Waals surface area contributed by atoms with Crippen LogP contribution in [0.5, 0.6) is 0 Å². The average Bonchev–Trinajstić information content (AvgIpc) is 2.28. The molecule has 0 saturated carbocycles. The van der Waals surface area contributed by atoms with Crippen molar-refractivity contribution in [1.82, 2.24) is 4.98 Å². The van der Waals surface area contributed by atoms with Gasteiger partial charge in [0.1, 0.15) is 0 Å². The minimum atomic E-state index is 0.972. The van der Waals surface area contributed by atoms with Crippen LogP contribution < -0.4 is 4.90 Å². The van der Waals surface area contributed by atoms with Gasteiger partial charge in [0.25, 0.3) is 0 Å². The second kappa shape index (κ2) is 4.62. The largest absolute Gasteiger partial charge is 0.373 e. The number of fused-ring (bicyclic) bond motifs is 1. The number of benzene rings is 1. The molecule has 1 heterocycles. The molecule has 1 aromatic carbocycles. The van der Waals surface area contributed by atoms with Gasteiger partial charge in [-0.25, -0.2) is 0 Å². The number of para-hydroxylation sites is 1. The highest BCUT2D eigenvalue weighted by atomic mass is 79.9. The molecular formula is C12H13BrN2. The molecule has 15 heavy (non-hydrogen) atoms. The number of hydrogen-bond donors (Lipinski definition) is 0. The summed E-state index contributed by atoms with van der Waals surface area (Å²) in [6, 6.07) is 10.3. The zero-order valence-electron chi connectivity index (χ0n) is 8.65. The third kappa shape index (κ3) is 2.12. The highest BCUT2D eigenvalue weighted by Gasteiger charge is 2.04. The lowest BCUT2D eigenvalue weighted by Crippen LogP contribution is -2.19. The molecule has 0 saturated heterocycles. The van der Waals surface area contributed by atoms with Gasteiger partial charge in [0.15, 0.2) is 0 Å². The van der Waals surface area contributed by atoms with Gasteiger partial charge in [-0.3, -0.25) is 4.98 Å². The fraction of sp³-hybridized carbons (Fsp3) is 0.250. The van der Waals surface area contributed by atoms with Crippen molar-refractivity contribution in [3.63, 3.8) is 0 Å². The Morgan fingerprint density at radius 1 is 1.27 bits per heavy atom. The molecule has 0 aliphatic rings. The van der Waals surface area contributed by atoms with E-state index in [0.717, 1.165) is 17.4 Å². The Morgan fingerprint density at radius 2 is 2.07 bits per heavy atom. The van der Waals surface area contributed by atoms with Crippen LogP contribution in [0.15, 0.2) is 36.5 Å². The predicted molar refractivity (Wildman–Crippen MR) is 68.8 cm³/mol. The summed E-state index contributed by atoms with van der Waals surface area (Å²) in [7, 11) is 2.10. The molecule has 3 heteroatoms. The summed E-state index contributed by atoms with van der Waals surface area (Å²) < 4.78 is 0. The summed E-state index contributed by atoms with van der Waals surface area (Å²) in [5.74, 6) is 0. The first kappa shape index (κ1) is 10.4. The summed E-state index contributed by atoms with van der Waals surface area (Å²) in [4.78, 5) is 6.58. The molecular weight excluding hydrogens is 252 g/mol. The average molecular weight is 265 g/mol. The van der Waals surface area contributed by atoms with Gasteiger partial charge in [0.2, 0.25) is 0 Å². The summed E-state index contributed by atoms with van der Waals surface area (Å²) in [6.07, 6.45) is 1.86. The Morgan fingerprint density at radius 3 is 2.87 bits per heavy atom. The van der Waals surface area contributed by atoms with Gasteiger partial charge >= 0.3 is 0 Å². The van der Waals surface area contributed by atoms with Crippen LogP contribution in [0.25, 0.3) is 10.9 Å². The van der Waals surface area contributed by atoms with Crippen LogP contribution in [0, 0.1) is 0 Å². The Balaban J connectivity index is 2.50. The molecule has 2 rings (SSSR count). The molecule has 78 valence electrons. The number of nitrogens with zero attached hydrogens (tertiary/aromatic N) is 2. The molecule has 0 unspecified atom stereocenters. The van der Waals surface area contributed by atoms with Crippen molar-refractivity contribution < 1.29 is 0 Å². The molecule has 0 aliphatic carbocycles. The fourth-order valence-corrected chi connectivity index (χ4v) is 2.19. The van der Waals surface area contributed by atoms with Gasteiger partial charge in [-0.1, -0.05) is 34.1 Å². The van der Waals surface area contributed by atoms with Gasteiger partial charge in [-0.2, -0.15) is 0 Å². The van der Waals surface area contributed by atoms with Crippen LogP contribution in [-0.2, 0) is 0 Å². The van der Waals surface area contributed by atoms with Crippen LogP contribution in [-0.4, -0.2) is 23.9 Å². The zero-order chi connectivity index (χ0) is 10.7. The summed E-state index contributed by atoms with van der Waals surface area (Å²) >= 11 is 3.45. The minimum absolute atomic E-state index is 0.972. The maximum Gasteiger partial charge on any atom is 0.0722 e. The molecule has 0 amide bonds. The first-order valence-electron chi connectivity index (χ1n) is 4.94. The maximum atomic E-state index is 4.35. The quantitative estimate of drug-likeness (QED) is 0.793. The van der Waals surface area contributed by atoms with Crippen LogP contribution in [0.3, 0.4) is 0 Å². The molecule has 0 spiro atoms. The van der Waals surface area contributed by atoms with Gasteiger partial charge in [0.05, 0.1) is 5.52 Å². The normalized spacial score (nSPS) is 10.5. The first-order valence-corrected chi connectivity index (χ1v) is 6.06. The standard InChI is InChI=1S/C12H13BrN2/c1-15(9-7-13)12-6-8-14-11-5-3-2-4-10(11)12/h2-6,8H,7,9H2,1H3. The molecule has 2 aromatic rings. The lowest BCUT2D eigenvalue weighted by molar-refractivity contribution is 0.987. The number of pyridine rings is 1. The third-order valence-corrected chi connectivity index (χ3v) is 2.81. The highest BCUT2D eigenvalue weighted by Crippen LogP contribution is 2.23. The number of alkyl halides is 1. The molecule has 0 N–H and O–H groups in total. The summed E-state index contributed by atoms with van der Waals surface area (Å²) in [5.41, 5.74) is 2.29. The summed E-state index contributed by atoms with van der Waals surface area (Å²) in [6.45, 7) is 0.994. The monoisotopic (exact) mass is 264 g/mol. The third-order valence-electron chi connectivity index (χ3n) is 2.46. The zero-order valence-corrected chi connectivity index (χ0v) is 10.2. The molecule has 0 fully saturated rings. The van der Waals surface area contributed by atoms with Crippen molar-refractivity contribution in [3.8, 4) is 0 Å². The Bertz CT molecular complexity index is 451. The van der Waals surface area contributed by atoms with Gasteiger partial charge in [-0.15, -0.1) is 0 Å². The number of anilines is 1. The maximum absolute atomic E-state index is 4.35. The van der Waals surface area contributed by atoms with E-state index >= 15 is 0 Å². The van der Waals surface area contributed by atoms with Crippen molar-refractivity contribution in [2.24, 2.45) is 0 Å². The van der Waals surface area contributed by atoms with Gasteiger partial charge < -0.3 is 4.90 Å². The van der Waals surface area contributed by atoms with E-state index in [-0.39, 0.29) is 0 Å². The molecule has 0 radical (unpaired) electrons. The van der Waals surface area contributed by atoms with E-state index in [4.69, 9.17) is 0 Å². The lowest BCUT2D eigenvalue weighted by atomic mass is 10.2. The smallest absolute Gasteiger partial charge is 0.0722 e. The van der Waals surface area contributed by atoms with Crippen LogP contribution in [0.2, 0.25) is 0 Å². The van der Waals surface area contributed by atoms with Crippen LogP contribution in [0.4, 0.5) is 5.69 Å². The van der Waals surface area contributed by atoms with Gasteiger partial charge in [0, 0.05) is 36.2 Å². The van der Waals surface area contributed by atoms with E-state index in [1.807, 2.05) is 18.3 Å². The van der Waals surface area contributed by atoms with Crippen molar-refractivity contribution >= 4 is 32.5 Å². The Labute approximate surface area is 98.1 Å². The van der Waals surface area contributed by atoms with Crippen LogP contribution >= 0.6 is 15.9 Å². The predicted octanol–water partition coefficient (Wildman–Crippen LogP) is 3.07. The fourth-order valence-electron chi connectivity index (χ4n) is 1.66. The second-order valence-electron chi connectivity index (χ2n) is 3.46. The Kier molecular flexibility index (Phi) is 3.21. The molecule has 0 atom stereocenters. The first-order chi connectivity index (χ1) is 7.33. The summed E-state index contributed by atoms with van der Waals surface area (Å²) in [5, 5.41) is 2.18. The van der Waals surface area contributed by atoms with E-state index in [2.05, 4.69) is 51.1 Å². The number of aromatic nitrogens is 1. The van der Waals surface area contributed by atoms with E-state index < -0.39 is 0 Å². The SMILES string of the molecule is CN(CCBr)c1ccnc2ccccc12. The molecule has 1 aromatic heterocycles. The second-order valence-corrected chi connectivity index (χ2v) is 4.25. The van der Waals surface area contributed by atoms with Crippen molar-refractivity contribution in [1.29, 1.82) is 0 Å². The number of rotatable bonds is 3. The highest BCUT2D eigenvalue weighted by molar-refractivity contribution is 9.09. The van der Waals surface area contributed by atoms with Crippen molar-refractivity contribution in [2.75, 3.05) is 23.8 Å². The van der Waals surface area contributed by atoms with E-state index in [1.165, 1.54) is 11.1 Å². The van der Waals surface area contributed by atoms with Crippen molar-refractivity contribution in [3.05, 3.63) is 36.5 Å². The topological polar surface area (TPSA) is 16.1 Å². The number of halogens is 1. The molecule has 2 nitrogen and oxygen atoms in total. The molecule has 0 aliphatic heterocycles. The van der Waals surface area contributed by atoms with Crippen molar-refractivity contribution in [2.45, 2.75) is 0 Å². The van der Waals surface area contributed by atoms with Gasteiger partial charge in [-0.05, 0) is 12.1 Å². The molecule has 0 bridgehead atoms. The number of hydrogen-bond acceptors (Lipinski definition) is 2. The van der Waals surface area contributed by atoms with E-state index in [9.17, 15) is 0 Å².